The Kier molecular flexibility index (Phi) is 10.5. The van der Waals surface area contributed by atoms with E-state index in [0.717, 1.165) is 83.5 Å². The third-order valence-corrected chi connectivity index (χ3v) is 12.3. The van der Waals surface area contributed by atoms with Gasteiger partial charge >= 0.3 is 12.1 Å². The maximum absolute atomic E-state index is 12.9. The Morgan fingerprint density at radius 2 is 1.56 bits per heavy atom. The number of halogens is 5. The summed E-state index contributed by atoms with van der Waals surface area (Å²) in [6.45, 7) is 2.33. The predicted molar refractivity (Wildman–Crippen MR) is 153 cm³/mol. The van der Waals surface area contributed by atoms with E-state index < -0.39 is 41.3 Å². The Balaban J connectivity index is 1.10. The maximum atomic E-state index is 12.9. The van der Waals surface area contributed by atoms with Crippen LogP contribution in [0.3, 0.4) is 0 Å². The van der Waals surface area contributed by atoms with Crippen LogP contribution >= 0.6 is 0 Å². The van der Waals surface area contributed by atoms with E-state index in [4.69, 9.17) is 0 Å². The van der Waals surface area contributed by atoms with Gasteiger partial charge in [0.15, 0.2) is 0 Å². The highest BCUT2D eigenvalue weighted by atomic mass is 32.2. The van der Waals surface area contributed by atoms with Crippen molar-refractivity contribution in [2.75, 3.05) is 11.5 Å². The fourth-order valence-electron chi connectivity index (χ4n) is 8.35. The molecule has 0 aliphatic heterocycles. The molecule has 2 N–H and O–H groups in total. The molecule has 2 fully saturated rings. The van der Waals surface area contributed by atoms with Crippen LogP contribution in [0.4, 0.5) is 22.0 Å². The average Bonchev–Trinajstić information content (AvgIpc) is 3.17. The molecule has 0 radical (unpaired) electrons. The van der Waals surface area contributed by atoms with Crippen LogP contribution in [-0.4, -0.2) is 43.6 Å². The van der Waals surface area contributed by atoms with Crippen molar-refractivity contribution in [3.8, 4) is 5.75 Å². The van der Waals surface area contributed by atoms with Gasteiger partial charge < -0.3 is 10.2 Å². The molecule has 1 aromatic rings. The number of hydrogen-bond acceptors (Lipinski definition) is 3. The predicted octanol–water partition coefficient (Wildman–Crippen LogP) is 8.83. The van der Waals surface area contributed by atoms with E-state index >= 15 is 0 Å². The third kappa shape index (κ3) is 7.30. The highest BCUT2D eigenvalue weighted by Gasteiger charge is 2.61. The van der Waals surface area contributed by atoms with Crippen LogP contribution in [0.15, 0.2) is 18.2 Å². The summed E-state index contributed by atoms with van der Waals surface area (Å²) < 4.78 is 74.4. The second-order valence-corrected chi connectivity index (χ2v) is 14.9. The molecule has 41 heavy (non-hydrogen) atoms. The summed E-state index contributed by atoms with van der Waals surface area (Å²) in [7, 11) is -1.36. The van der Waals surface area contributed by atoms with E-state index in [2.05, 4.69) is 13.0 Å². The molecule has 3 nitrogen and oxygen atoms in total. The lowest BCUT2D eigenvalue weighted by molar-refractivity contribution is -0.284. The van der Waals surface area contributed by atoms with Crippen LogP contribution in [0.5, 0.6) is 5.75 Å². The number of aromatic hydroxyl groups is 1. The normalized spacial score (nSPS) is 30.5. The van der Waals surface area contributed by atoms with Gasteiger partial charge in [0.25, 0.3) is 0 Å². The number of benzene rings is 1. The fourth-order valence-corrected chi connectivity index (χ4v) is 9.55. The van der Waals surface area contributed by atoms with Gasteiger partial charge in [-0.15, -0.1) is 0 Å². The monoisotopic (exact) mass is 606 g/mol. The first-order valence-electron chi connectivity index (χ1n) is 15.6. The van der Waals surface area contributed by atoms with E-state index in [0.29, 0.717) is 35.7 Å². The van der Waals surface area contributed by atoms with Crippen molar-refractivity contribution in [3.63, 3.8) is 0 Å². The number of fused-ring (bicyclic) bond motifs is 5. The Hall–Kier alpha value is -1.22. The molecule has 234 valence electrons. The lowest BCUT2D eigenvalue weighted by Gasteiger charge is -2.53. The van der Waals surface area contributed by atoms with Gasteiger partial charge in [0.1, 0.15) is 5.75 Å². The molecule has 0 bridgehead atoms. The van der Waals surface area contributed by atoms with E-state index in [-0.39, 0.29) is 11.2 Å². The Morgan fingerprint density at radius 1 is 0.902 bits per heavy atom. The van der Waals surface area contributed by atoms with Crippen molar-refractivity contribution >= 4 is 10.8 Å². The first-order valence-corrected chi connectivity index (χ1v) is 17.1. The highest BCUT2D eigenvalue weighted by molar-refractivity contribution is 7.84. The van der Waals surface area contributed by atoms with Crippen molar-refractivity contribution < 1.29 is 36.4 Å². The number of phenols is 1. The van der Waals surface area contributed by atoms with Crippen LogP contribution in [-0.2, 0) is 17.2 Å². The number of rotatable bonds is 14. The van der Waals surface area contributed by atoms with Crippen molar-refractivity contribution in [2.24, 2.45) is 17.3 Å². The van der Waals surface area contributed by atoms with E-state index in [9.17, 15) is 36.4 Å². The number of aliphatic hydroxyl groups is 1. The van der Waals surface area contributed by atoms with Crippen LogP contribution in [0, 0.1) is 17.3 Å². The van der Waals surface area contributed by atoms with Gasteiger partial charge in [0.2, 0.25) is 0 Å². The molecule has 3 aliphatic rings. The molecule has 4 rings (SSSR count). The Morgan fingerprint density at radius 3 is 2.27 bits per heavy atom. The zero-order valence-electron chi connectivity index (χ0n) is 24.3. The molecular weight excluding hydrogens is 559 g/mol. The summed E-state index contributed by atoms with van der Waals surface area (Å²) in [6.07, 6.45) is 6.57. The minimum atomic E-state index is -5.54. The molecule has 0 amide bonds. The van der Waals surface area contributed by atoms with Crippen LogP contribution in [0.1, 0.15) is 120 Å². The smallest absolute Gasteiger partial charge is 0.453 e. The van der Waals surface area contributed by atoms with Gasteiger partial charge in [-0.1, -0.05) is 51.5 Å². The molecule has 3 aliphatic carbocycles. The minimum absolute atomic E-state index is 0.0408. The molecule has 0 heterocycles. The van der Waals surface area contributed by atoms with Gasteiger partial charge in [-0.25, -0.2) is 0 Å². The summed E-state index contributed by atoms with van der Waals surface area (Å²) in [5, 5.41) is 21.8. The second-order valence-electron chi connectivity index (χ2n) is 13.2. The highest BCUT2D eigenvalue weighted by Crippen LogP contribution is 2.65. The number of phenolic OH excluding ortho intramolecular Hbond substituents is 1. The number of alkyl halides is 5. The molecule has 2 unspecified atom stereocenters. The summed E-state index contributed by atoms with van der Waals surface area (Å²) in [6, 6.07) is 5.87. The molecule has 0 spiro atoms. The maximum Gasteiger partial charge on any atom is 0.453 e. The van der Waals surface area contributed by atoms with Crippen LogP contribution in [0.25, 0.3) is 0 Å². The van der Waals surface area contributed by atoms with E-state index in [1.54, 1.807) is 0 Å². The van der Waals surface area contributed by atoms with Gasteiger partial charge in [-0.05, 0) is 104 Å². The molecular formula is C32H47F5O3S. The summed E-state index contributed by atoms with van der Waals surface area (Å²) >= 11 is 0. The summed E-state index contributed by atoms with van der Waals surface area (Å²) in [4.78, 5) is 0. The van der Waals surface area contributed by atoms with Gasteiger partial charge in [-0.3, -0.25) is 4.21 Å². The Bertz CT molecular complexity index is 1050. The SMILES string of the molecule is C[C@]12CC[C@@H]3c4ccc(O)cc4CC[C@H]3[C@@H]1CCC2(O)CCCCCCCCCS(=O)CCCC(F)(F)C(F)(F)F. The second kappa shape index (κ2) is 13.2. The standard InChI is InChI=1S/C32H47F5O3S/c1-29-18-14-26-25-13-11-24(38)22-23(25)10-12-27(26)28(29)15-19-30(29,39)16-7-5-3-2-4-6-8-20-41(40)21-9-17-31(33,34)32(35,36)37/h11,13,22,26-28,38-39H,2-10,12,14-21H2,1H3/t26-,27-,28+,29+,30?,41?/m1/s1. The first-order chi connectivity index (χ1) is 19.3. The van der Waals surface area contributed by atoms with Crippen molar-refractivity contribution in [1.29, 1.82) is 0 Å². The minimum Gasteiger partial charge on any atom is -0.508 e. The lowest BCUT2D eigenvalue weighted by Crippen LogP contribution is -2.50. The largest absolute Gasteiger partial charge is 0.508 e. The van der Waals surface area contributed by atoms with Gasteiger partial charge in [-0.2, -0.15) is 22.0 Å². The van der Waals surface area contributed by atoms with E-state index in [1.165, 1.54) is 11.1 Å². The molecule has 2 saturated carbocycles. The summed E-state index contributed by atoms with van der Waals surface area (Å²) in [5.74, 6) is -2.44. The zero-order valence-corrected chi connectivity index (χ0v) is 25.1. The number of unbranched alkanes of at least 4 members (excludes halogenated alkanes) is 6. The quantitative estimate of drug-likeness (QED) is 0.164. The van der Waals surface area contributed by atoms with Crippen molar-refractivity contribution in [3.05, 3.63) is 29.3 Å². The van der Waals surface area contributed by atoms with Crippen molar-refractivity contribution in [2.45, 2.75) is 133 Å². The molecule has 9 heteroatoms. The lowest BCUT2D eigenvalue weighted by atomic mass is 9.53. The number of aryl methyl sites for hydroxylation is 1. The topological polar surface area (TPSA) is 57.5 Å². The van der Waals surface area contributed by atoms with Gasteiger partial charge in [0.05, 0.1) is 5.60 Å². The van der Waals surface area contributed by atoms with Gasteiger partial charge in [0, 0.05) is 28.7 Å². The van der Waals surface area contributed by atoms with E-state index in [1.807, 2.05) is 12.1 Å². The fraction of sp³-hybridized carbons (Fsp3) is 0.812. The summed E-state index contributed by atoms with van der Waals surface area (Å²) in [5.41, 5.74) is 2.06. The molecule has 6 atom stereocenters. The zero-order chi connectivity index (χ0) is 29.9. The first kappa shape index (κ1) is 32.7. The molecule has 1 aromatic carbocycles. The number of hydrogen-bond donors (Lipinski definition) is 2. The van der Waals surface area contributed by atoms with Crippen LogP contribution < -0.4 is 0 Å². The average molecular weight is 607 g/mol. The van der Waals surface area contributed by atoms with Crippen molar-refractivity contribution in [1.82, 2.24) is 0 Å². The third-order valence-electron chi connectivity index (χ3n) is 10.8. The Labute approximate surface area is 244 Å². The van der Waals surface area contributed by atoms with Crippen LogP contribution in [0.2, 0.25) is 0 Å². The molecule has 0 aromatic heterocycles. The molecule has 0 saturated heterocycles.